The van der Waals surface area contributed by atoms with E-state index in [2.05, 4.69) is 27.8 Å². The third kappa shape index (κ3) is 6.17. The van der Waals surface area contributed by atoms with Gasteiger partial charge in [0.15, 0.2) is 0 Å². The Balaban J connectivity index is 0.000000327. The molecule has 1 spiro atoms. The second kappa shape index (κ2) is 10.4. The standard InChI is InChI=1S/C17H27N3.C4H8O.C2H6/c1-14-11-18-20(12-14)16-3-7-19(8-4-16)13-15-9-17(10-15)5-2-6-17;1-4(2)3-5;1-2/h11-12,15-16H,2-10,13H2,1H3;3-4H,1-2H3;1-2H3. The van der Waals surface area contributed by atoms with Crippen molar-refractivity contribution in [3.8, 4) is 0 Å². The van der Waals surface area contributed by atoms with Crippen LogP contribution in [0.2, 0.25) is 0 Å². The zero-order valence-corrected chi connectivity index (χ0v) is 18.3. The summed E-state index contributed by atoms with van der Waals surface area (Å²) in [7, 11) is 0. The van der Waals surface area contributed by atoms with Gasteiger partial charge in [-0.2, -0.15) is 5.10 Å². The van der Waals surface area contributed by atoms with Crippen molar-refractivity contribution in [1.82, 2.24) is 14.7 Å². The third-order valence-electron chi connectivity index (χ3n) is 6.31. The van der Waals surface area contributed by atoms with Crippen LogP contribution in [-0.4, -0.2) is 40.6 Å². The van der Waals surface area contributed by atoms with Crippen LogP contribution in [0.25, 0.3) is 0 Å². The van der Waals surface area contributed by atoms with Gasteiger partial charge in [-0.15, -0.1) is 0 Å². The molecule has 4 heteroatoms. The lowest BCUT2D eigenvalue weighted by Gasteiger charge is -2.55. The molecular weight excluding hydrogens is 334 g/mol. The average Bonchev–Trinajstić information content (AvgIpc) is 3.05. The second-order valence-electron chi connectivity index (χ2n) is 9.04. The summed E-state index contributed by atoms with van der Waals surface area (Å²) in [4.78, 5) is 12.2. The molecule has 2 saturated carbocycles. The van der Waals surface area contributed by atoms with Crippen LogP contribution in [0.5, 0.6) is 0 Å². The Morgan fingerprint density at radius 1 is 1.22 bits per heavy atom. The maximum atomic E-state index is 9.50. The summed E-state index contributed by atoms with van der Waals surface area (Å²) in [5.41, 5.74) is 2.13. The second-order valence-corrected chi connectivity index (χ2v) is 9.04. The van der Waals surface area contributed by atoms with Gasteiger partial charge in [0.05, 0.1) is 12.2 Å². The van der Waals surface area contributed by atoms with Gasteiger partial charge in [-0.25, -0.2) is 0 Å². The number of likely N-dealkylation sites (tertiary alicyclic amines) is 1. The van der Waals surface area contributed by atoms with Crippen molar-refractivity contribution in [3.05, 3.63) is 18.0 Å². The molecular formula is C23H41N3O. The van der Waals surface area contributed by atoms with Gasteiger partial charge >= 0.3 is 0 Å². The normalized spacial score (nSPS) is 22.1. The highest BCUT2D eigenvalue weighted by molar-refractivity contribution is 5.51. The van der Waals surface area contributed by atoms with Crippen molar-refractivity contribution in [2.45, 2.75) is 85.6 Å². The fraction of sp³-hybridized carbons (Fsp3) is 0.826. The number of aldehydes is 1. The van der Waals surface area contributed by atoms with Crippen molar-refractivity contribution in [3.63, 3.8) is 0 Å². The molecule has 3 aliphatic rings. The lowest BCUT2D eigenvalue weighted by Crippen LogP contribution is -2.48. The van der Waals surface area contributed by atoms with E-state index in [4.69, 9.17) is 0 Å². The van der Waals surface area contributed by atoms with E-state index >= 15 is 0 Å². The molecule has 2 aliphatic carbocycles. The minimum absolute atomic E-state index is 0.204. The van der Waals surface area contributed by atoms with Crippen LogP contribution in [-0.2, 0) is 4.79 Å². The van der Waals surface area contributed by atoms with Crippen LogP contribution < -0.4 is 0 Å². The predicted molar refractivity (Wildman–Crippen MR) is 113 cm³/mol. The van der Waals surface area contributed by atoms with Crippen molar-refractivity contribution in [2.24, 2.45) is 17.3 Å². The van der Waals surface area contributed by atoms with E-state index in [1.807, 2.05) is 33.9 Å². The van der Waals surface area contributed by atoms with E-state index in [0.29, 0.717) is 6.04 Å². The van der Waals surface area contributed by atoms with E-state index in [1.165, 1.54) is 70.1 Å². The summed E-state index contributed by atoms with van der Waals surface area (Å²) in [6.45, 7) is 13.7. The minimum Gasteiger partial charge on any atom is -0.303 e. The molecule has 2 heterocycles. The Labute approximate surface area is 166 Å². The van der Waals surface area contributed by atoms with Crippen molar-refractivity contribution in [2.75, 3.05) is 19.6 Å². The monoisotopic (exact) mass is 375 g/mol. The van der Waals surface area contributed by atoms with Gasteiger partial charge in [0.2, 0.25) is 0 Å². The number of aromatic nitrogens is 2. The van der Waals surface area contributed by atoms with Gasteiger partial charge in [-0.3, -0.25) is 4.68 Å². The van der Waals surface area contributed by atoms with Crippen LogP contribution in [0.3, 0.4) is 0 Å². The zero-order chi connectivity index (χ0) is 19.9. The molecule has 0 radical (unpaired) electrons. The molecule has 0 unspecified atom stereocenters. The molecule has 1 aromatic rings. The summed E-state index contributed by atoms with van der Waals surface area (Å²) in [6, 6.07) is 0.638. The Morgan fingerprint density at radius 2 is 1.81 bits per heavy atom. The summed E-state index contributed by atoms with van der Waals surface area (Å²) in [5.74, 6) is 1.22. The molecule has 3 fully saturated rings. The SMILES string of the molecule is CC.CC(C)C=O.Cc1cnn(C2CCN(CC3CC4(CCC4)C3)CC2)c1. The number of carbonyl (C=O) groups is 1. The summed E-state index contributed by atoms with van der Waals surface area (Å²) >= 11 is 0. The van der Waals surface area contributed by atoms with E-state index in [9.17, 15) is 4.79 Å². The Hall–Kier alpha value is -1.16. The molecule has 154 valence electrons. The maximum Gasteiger partial charge on any atom is 0.122 e. The van der Waals surface area contributed by atoms with Crippen molar-refractivity contribution >= 4 is 6.29 Å². The first kappa shape index (κ1) is 22.1. The first-order valence-electron chi connectivity index (χ1n) is 11.2. The van der Waals surface area contributed by atoms with E-state index in [0.717, 1.165) is 17.6 Å². The molecule has 1 aliphatic heterocycles. The van der Waals surface area contributed by atoms with Gasteiger partial charge in [-0.1, -0.05) is 34.1 Å². The van der Waals surface area contributed by atoms with Crippen LogP contribution in [0, 0.1) is 24.2 Å². The molecule has 27 heavy (non-hydrogen) atoms. The minimum atomic E-state index is 0.204. The fourth-order valence-electron chi connectivity index (χ4n) is 4.74. The number of aryl methyl sites for hydroxylation is 1. The van der Waals surface area contributed by atoms with Gasteiger partial charge in [-0.05, 0) is 62.3 Å². The van der Waals surface area contributed by atoms with Gasteiger partial charge < -0.3 is 9.69 Å². The number of hydrogen-bond acceptors (Lipinski definition) is 3. The summed E-state index contributed by atoms with van der Waals surface area (Å²) in [5, 5.41) is 4.49. The van der Waals surface area contributed by atoms with Crippen LogP contribution in [0.4, 0.5) is 0 Å². The summed E-state index contributed by atoms with van der Waals surface area (Å²) in [6.07, 6.45) is 15.3. The third-order valence-corrected chi connectivity index (χ3v) is 6.31. The molecule has 0 bridgehead atoms. The van der Waals surface area contributed by atoms with Gasteiger partial charge in [0.25, 0.3) is 0 Å². The van der Waals surface area contributed by atoms with Crippen molar-refractivity contribution < 1.29 is 4.79 Å². The number of hydrogen-bond donors (Lipinski definition) is 0. The largest absolute Gasteiger partial charge is 0.303 e. The quantitative estimate of drug-likeness (QED) is 0.672. The Kier molecular flexibility index (Phi) is 8.53. The molecule has 1 saturated heterocycles. The highest BCUT2D eigenvalue weighted by Gasteiger charge is 2.48. The Morgan fingerprint density at radius 3 is 2.22 bits per heavy atom. The smallest absolute Gasteiger partial charge is 0.122 e. The first-order valence-corrected chi connectivity index (χ1v) is 11.2. The Bertz CT molecular complexity index is 546. The van der Waals surface area contributed by atoms with E-state index in [-0.39, 0.29) is 5.92 Å². The number of carbonyl (C=O) groups excluding carboxylic acids is 1. The molecule has 1 aromatic heterocycles. The molecule has 0 amide bonds. The lowest BCUT2D eigenvalue weighted by atomic mass is 9.52. The topological polar surface area (TPSA) is 38.1 Å². The first-order chi connectivity index (χ1) is 13.0. The van der Waals surface area contributed by atoms with Crippen LogP contribution in [0.1, 0.15) is 84.2 Å². The zero-order valence-electron chi connectivity index (χ0n) is 18.3. The predicted octanol–water partition coefficient (Wildman–Crippen LogP) is 5.28. The van der Waals surface area contributed by atoms with Crippen LogP contribution >= 0.6 is 0 Å². The van der Waals surface area contributed by atoms with Gasteiger partial charge in [0.1, 0.15) is 6.29 Å². The molecule has 0 atom stereocenters. The average molecular weight is 376 g/mol. The number of piperidine rings is 1. The highest BCUT2D eigenvalue weighted by Crippen LogP contribution is 2.58. The lowest BCUT2D eigenvalue weighted by molar-refractivity contribution is -0.110. The summed E-state index contributed by atoms with van der Waals surface area (Å²) < 4.78 is 2.19. The number of nitrogens with zero attached hydrogens (tertiary/aromatic N) is 3. The van der Waals surface area contributed by atoms with E-state index < -0.39 is 0 Å². The number of rotatable bonds is 4. The highest BCUT2D eigenvalue weighted by atomic mass is 16.1. The molecule has 0 aromatic carbocycles. The van der Waals surface area contributed by atoms with Crippen LogP contribution in [0.15, 0.2) is 12.4 Å². The molecule has 4 rings (SSSR count). The van der Waals surface area contributed by atoms with E-state index in [1.54, 1.807) is 0 Å². The molecule has 0 N–H and O–H groups in total. The molecule has 4 nitrogen and oxygen atoms in total. The van der Waals surface area contributed by atoms with Crippen molar-refractivity contribution in [1.29, 1.82) is 0 Å². The fourth-order valence-corrected chi connectivity index (χ4v) is 4.74. The maximum absolute atomic E-state index is 9.50. The van der Waals surface area contributed by atoms with Gasteiger partial charge in [0, 0.05) is 31.7 Å².